The van der Waals surface area contributed by atoms with E-state index in [1.807, 2.05) is 42.5 Å². The molecule has 4 rings (SSSR count). The van der Waals surface area contributed by atoms with E-state index in [1.54, 1.807) is 31.2 Å². The first-order valence-corrected chi connectivity index (χ1v) is 10.3. The van der Waals surface area contributed by atoms with E-state index < -0.39 is 5.97 Å². The minimum Gasteiger partial charge on any atom is -0.493 e. The van der Waals surface area contributed by atoms with Gasteiger partial charge in [0.1, 0.15) is 17.9 Å². The molecule has 1 saturated heterocycles. The molecule has 0 unspecified atom stereocenters. The molecule has 1 aliphatic rings. The Kier molecular flexibility index (Phi) is 6.52. The summed E-state index contributed by atoms with van der Waals surface area (Å²) in [5.74, 6) is 0.758. The number of carbonyl (C=O) groups excluding carboxylic acids is 1. The summed E-state index contributed by atoms with van der Waals surface area (Å²) < 4.78 is 23.6. The third-order valence-corrected chi connectivity index (χ3v) is 5.25. The van der Waals surface area contributed by atoms with Crippen molar-refractivity contribution in [3.05, 3.63) is 65.9 Å². The third kappa shape index (κ3) is 4.88. The number of esters is 1. The van der Waals surface area contributed by atoms with Crippen LogP contribution in [0.5, 0.6) is 11.5 Å². The Morgan fingerprint density at radius 1 is 1.13 bits per heavy atom. The van der Waals surface area contributed by atoms with E-state index in [9.17, 15) is 4.79 Å². The zero-order valence-corrected chi connectivity index (χ0v) is 17.7. The number of methoxy groups -OCH3 is 2. The van der Waals surface area contributed by atoms with E-state index in [2.05, 4.69) is 0 Å². The number of benzene rings is 2. The second kappa shape index (κ2) is 9.66. The first kappa shape index (κ1) is 20.9. The number of hydrogen-bond acceptors (Lipinski definition) is 6. The maximum atomic E-state index is 13.0. The van der Waals surface area contributed by atoms with Crippen LogP contribution in [0.3, 0.4) is 0 Å². The number of nitrogens with zero attached hydrogens (tertiary/aromatic N) is 2. The lowest BCUT2D eigenvalue weighted by Crippen LogP contribution is -2.18. The van der Waals surface area contributed by atoms with Crippen LogP contribution in [0, 0.1) is 0 Å². The molecule has 3 aromatic rings. The van der Waals surface area contributed by atoms with Gasteiger partial charge in [0.2, 0.25) is 0 Å². The van der Waals surface area contributed by atoms with Crippen LogP contribution in [-0.2, 0) is 16.0 Å². The maximum absolute atomic E-state index is 13.0. The fourth-order valence-electron chi connectivity index (χ4n) is 3.64. The van der Waals surface area contributed by atoms with Gasteiger partial charge in [-0.25, -0.2) is 4.79 Å². The van der Waals surface area contributed by atoms with Crippen molar-refractivity contribution in [3.8, 4) is 22.8 Å². The van der Waals surface area contributed by atoms with Crippen LogP contribution in [-0.4, -0.2) is 49.3 Å². The molecule has 1 atom stereocenters. The predicted octanol–water partition coefficient (Wildman–Crippen LogP) is 3.95. The average molecular weight is 422 g/mol. The summed E-state index contributed by atoms with van der Waals surface area (Å²) in [6, 6.07) is 15.4. The van der Waals surface area contributed by atoms with E-state index in [-0.39, 0.29) is 12.7 Å². The summed E-state index contributed by atoms with van der Waals surface area (Å²) in [5.41, 5.74) is 2.77. The smallest absolute Gasteiger partial charge is 0.342 e. The molecule has 7 nitrogen and oxygen atoms in total. The second-order valence-electron chi connectivity index (χ2n) is 7.38. The van der Waals surface area contributed by atoms with Crippen LogP contribution in [0.1, 0.15) is 28.8 Å². The molecule has 162 valence electrons. The molecule has 2 aromatic carbocycles. The normalized spacial score (nSPS) is 15.6. The lowest BCUT2D eigenvalue weighted by molar-refractivity contribution is 0.0162. The van der Waals surface area contributed by atoms with Gasteiger partial charge in [-0.2, -0.15) is 5.10 Å². The fraction of sp³-hybridized carbons (Fsp3) is 0.333. The second-order valence-corrected chi connectivity index (χ2v) is 7.38. The molecule has 0 N–H and O–H groups in total. The highest BCUT2D eigenvalue weighted by Crippen LogP contribution is 2.33. The minimum absolute atomic E-state index is 0.0344. The monoisotopic (exact) mass is 422 g/mol. The lowest BCUT2D eigenvalue weighted by Gasteiger charge is -2.11. The highest BCUT2D eigenvalue weighted by molar-refractivity contribution is 5.96. The minimum atomic E-state index is -0.417. The zero-order valence-electron chi connectivity index (χ0n) is 17.7. The van der Waals surface area contributed by atoms with E-state index >= 15 is 0 Å². The van der Waals surface area contributed by atoms with Gasteiger partial charge in [0.05, 0.1) is 26.9 Å². The van der Waals surface area contributed by atoms with Crippen LogP contribution in [0.25, 0.3) is 11.3 Å². The van der Waals surface area contributed by atoms with Crippen molar-refractivity contribution in [2.24, 2.45) is 0 Å². The number of hydrogen-bond donors (Lipinski definition) is 0. The fourth-order valence-corrected chi connectivity index (χ4v) is 3.64. The predicted molar refractivity (Wildman–Crippen MR) is 116 cm³/mol. The van der Waals surface area contributed by atoms with Crippen molar-refractivity contribution < 1.29 is 23.7 Å². The van der Waals surface area contributed by atoms with Crippen LogP contribution >= 0.6 is 0 Å². The summed E-state index contributed by atoms with van der Waals surface area (Å²) in [6.07, 6.45) is 3.60. The Morgan fingerprint density at radius 2 is 1.94 bits per heavy atom. The van der Waals surface area contributed by atoms with Crippen LogP contribution in [0.2, 0.25) is 0 Å². The van der Waals surface area contributed by atoms with Gasteiger partial charge >= 0.3 is 5.97 Å². The molecule has 0 saturated carbocycles. The first-order valence-electron chi connectivity index (χ1n) is 10.3. The van der Waals surface area contributed by atoms with E-state index in [4.69, 9.17) is 24.0 Å². The Hall–Kier alpha value is -3.32. The molecule has 2 heterocycles. The molecule has 7 heteroatoms. The third-order valence-electron chi connectivity index (χ3n) is 5.25. The zero-order chi connectivity index (χ0) is 21.6. The molecule has 0 aliphatic carbocycles. The Balaban J connectivity index is 1.65. The molecule has 0 spiro atoms. The van der Waals surface area contributed by atoms with E-state index in [1.165, 1.54) is 0 Å². The quantitative estimate of drug-likeness (QED) is 0.512. The van der Waals surface area contributed by atoms with E-state index in [0.29, 0.717) is 35.9 Å². The molecule has 1 aromatic heterocycles. The van der Waals surface area contributed by atoms with Crippen LogP contribution in [0.4, 0.5) is 0 Å². The highest BCUT2D eigenvalue weighted by atomic mass is 16.6. The van der Waals surface area contributed by atoms with Crippen molar-refractivity contribution in [2.45, 2.75) is 25.5 Å². The molecule has 0 amide bonds. The molecule has 0 radical (unpaired) electrons. The molecule has 0 bridgehead atoms. The molecule has 31 heavy (non-hydrogen) atoms. The Bertz CT molecular complexity index is 1030. The summed E-state index contributed by atoms with van der Waals surface area (Å²) in [6.45, 7) is 1.50. The van der Waals surface area contributed by atoms with Crippen molar-refractivity contribution >= 4 is 5.97 Å². The first-order chi connectivity index (χ1) is 15.2. The van der Waals surface area contributed by atoms with Gasteiger partial charge in [-0.05, 0) is 36.6 Å². The largest absolute Gasteiger partial charge is 0.493 e. The Labute approximate surface area is 181 Å². The van der Waals surface area contributed by atoms with Gasteiger partial charge in [-0.3, -0.25) is 4.68 Å². The summed E-state index contributed by atoms with van der Waals surface area (Å²) in [4.78, 5) is 13.0. The van der Waals surface area contributed by atoms with Crippen LogP contribution < -0.4 is 9.47 Å². The van der Waals surface area contributed by atoms with Crippen molar-refractivity contribution in [2.75, 3.05) is 27.4 Å². The average Bonchev–Trinajstić information content (AvgIpc) is 3.48. The topological polar surface area (TPSA) is 71.8 Å². The SMILES string of the molecule is COc1ccc(-c2nn(Cc3ccccc3)cc2C(=O)OC[C@H]2CCCO2)cc1OC. The van der Waals surface area contributed by atoms with Crippen molar-refractivity contribution in [3.63, 3.8) is 0 Å². The van der Waals surface area contributed by atoms with Crippen molar-refractivity contribution in [1.29, 1.82) is 0 Å². The maximum Gasteiger partial charge on any atom is 0.342 e. The Morgan fingerprint density at radius 3 is 2.65 bits per heavy atom. The number of carbonyl (C=O) groups is 1. The van der Waals surface area contributed by atoms with E-state index in [0.717, 1.165) is 24.0 Å². The van der Waals surface area contributed by atoms with Gasteiger partial charge in [-0.1, -0.05) is 30.3 Å². The lowest BCUT2D eigenvalue weighted by atomic mass is 10.1. The van der Waals surface area contributed by atoms with Gasteiger partial charge in [0.25, 0.3) is 0 Å². The molecule has 1 aliphatic heterocycles. The molecular formula is C24H26N2O5. The molecular weight excluding hydrogens is 396 g/mol. The van der Waals surface area contributed by atoms with Gasteiger partial charge in [0.15, 0.2) is 11.5 Å². The van der Waals surface area contributed by atoms with Crippen molar-refractivity contribution in [1.82, 2.24) is 9.78 Å². The molecule has 1 fully saturated rings. The standard InChI is InChI=1S/C24H26N2O5/c1-28-21-11-10-18(13-22(21)29-2)23-20(24(27)31-16-19-9-6-12-30-19)15-26(25-23)14-17-7-4-3-5-8-17/h3-5,7-8,10-11,13,15,19H,6,9,12,14,16H2,1-2H3/t19-/m1/s1. The van der Waals surface area contributed by atoms with Gasteiger partial charge in [-0.15, -0.1) is 0 Å². The van der Waals surface area contributed by atoms with Crippen LogP contribution in [0.15, 0.2) is 54.7 Å². The summed E-state index contributed by atoms with van der Waals surface area (Å²) >= 11 is 0. The highest BCUT2D eigenvalue weighted by Gasteiger charge is 2.23. The van der Waals surface area contributed by atoms with Gasteiger partial charge < -0.3 is 18.9 Å². The van der Waals surface area contributed by atoms with Gasteiger partial charge in [0, 0.05) is 18.4 Å². The number of ether oxygens (including phenoxy) is 4. The summed E-state index contributed by atoms with van der Waals surface area (Å²) in [7, 11) is 3.16. The number of aromatic nitrogens is 2. The number of rotatable bonds is 8. The summed E-state index contributed by atoms with van der Waals surface area (Å²) in [5, 5.41) is 4.70.